The van der Waals surface area contributed by atoms with Crippen molar-refractivity contribution >= 4 is 29.9 Å². The molecule has 2 rings (SSSR count). The molecule has 1 unspecified atom stereocenters. The molecule has 0 radical (unpaired) electrons. The lowest BCUT2D eigenvalue weighted by molar-refractivity contribution is 0.160. The van der Waals surface area contributed by atoms with E-state index in [-0.39, 0.29) is 24.0 Å². The van der Waals surface area contributed by atoms with Gasteiger partial charge in [-0.05, 0) is 39.7 Å². The van der Waals surface area contributed by atoms with E-state index in [0.29, 0.717) is 18.2 Å². The highest BCUT2D eigenvalue weighted by Crippen LogP contribution is 2.16. The number of nitrogens with one attached hydrogen (secondary N) is 2. The largest absolute Gasteiger partial charge is 0.357 e. The van der Waals surface area contributed by atoms with Gasteiger partial charge in [-0.2, -0.15) is 4.98 Å². The van der Waals surface area contributed by atoms with Gasteiger partial charge in [0.1, 0.15) is 0 Å². The lowest BCUT2D eigenvalue weighted by Gasteiger charge is -2.33. The predicted octanol–water partition coefficient (Wildman–Crippen LogP) is 3.17. The van der Waals surface area contributed by atoms with E-state index in [9.17, 15) is 0 Å². The number of likely N-dealkylation sites (tertiary alicyclic amines) is 1. The fourth-order valence-electron chi connectivity index (χ4n) is 3.19. The summed E-state index contributed by atoms with van der Waals surface area (Å²) in [6.07, 6.45) is 5.86. The van der Waals surface area contributed by atoms with E-state index in [1.807, 2.05) is 0 Å². The second-order valence-corrected chi connectivity index (χ2v) is 7.37. The zero-order valence-electron chi connectivity index (χ0n) is 17.3. The van der Waals surface area contributed by atoms with Gasteiger partial charge in [-0.25, -0.2) is 0 Å². The molecule has 1 atom stereocenters. The number of aromatic nitrogens is 2. The Morgan fingerprint density at radius 1 is 1.33 bits per heavy atom. The van der Waals surface area contributed by atoms with Crippen LogP contribution in [0.15, 0.2) is 9.52 Å². The molecular weight excluding hydrogens is 455 g/mol. The van der Waals surface area contributed by atoms with E-state index in [1.54, 1.807) is 0 Å². The fraction of sp³-hybridized carbons (Fsp3) is 0.842. The molecule has 0 aliphatic carbocycles. The van der Waals surface area contributed by atoms with E-state index in [4.69, 9.17) is 4.52 Å². The smallest absolute Gasteiger partial charge is 0.228 e. The molecule has 1 aliphatic rings. The van der Waals surface area contributed by atoms with Crippen molar-refractivity contribution in [1.82, 2.24) is 25.7 Å². The van der Waals surface area contributed by atoms with Crippen LogP contribution >= 0.6 is 24.0 Å². The van der Waals surface area contributed by atoms with E-state index in [1.165, 1.54) is 25.8 Å². The summed E-state index contributed by atoms with van der Waals surface area (Å²) in [5.41, 5.74) is 0. The Balaban J connectivity index is 0.00000364. The minimum absolute atomic E-state index is 0. The predicted molar refractivity (Wildman–Crippen MR) is 121 cm³/mol. The number of hydrogen-bond acceptors (Lipinski definition) is 5. The number of hydrogen-bond donors (Lipinski definition) is 2. The quantitative estimate of drug-likeness (QED) is 0.239. The Bertz CT molecular complexity index is 548. The van der Waals surface area contributed by atoms with Gasteiger partial charge in [-0.1, -0.05) is 25.4 Å². The second-order valence-electron chi connectivity index (χ2n) is 7.37. The number of rotatable bonds is 9. The second kappa shape index (κ2) is 13.3. The summed E-state index contributed by atoms with van der Waals surface area (Å²) in [6.45, 7) is 13.4. The Labute approximate surface area is 181 Å². The molecule has 1 aromatic rings. The molecule has 0 saturated carbocycles. The van der Waals surface area contributed by atoms with Crippen LogP contribution in [0.3, 0.4) is 0 Å². The van der Waals surface area contributed by atoms with E-state index < -0.39 is 0 Å². The lowest BCUT2D eigenvalue weighted by Crippen LogP contribution is -2.39. The normalized spacial score (nSPS) is 18.4. The summed E-state index contributed by atoms with van der Waals surface area (Å²) in [6, 6.07) is 0.726. The number of guanidine groups is 1. The number of nitrogens with zero attached hydrogens (tertiary/aromatic N) is 4. The zero-order valence-corrected chi connectivity index (χ0v) is 19.7. The molecule has 8 heteroatoms. The third-order valence-electron chi connectivity index (χ3n) is 4.79. The Morgan fingerprint density at radius 3 is 2.81 bits per heavy atom. The summed E-state index contributed by atoms with van der Waals surface area (Å²) >= 11 is 0. The third kappa shape index (κ3) is 8.76. The van der Waals surface area contributed by atoms with Gasteiger partial charge in [-0.15, -0.1) is 24.0 Å². The van der Waals surface area contributed by atoms with Gasteiger partial charge in [0.2, 0.25) is 5.89 Å². The van der Waals surface area contributed by atoms with Gasteiger partial charge in [0, 0.05) is 44.6 Å². The van der Waals surface area contributed by atoms with Crippen LogP contribution in [0.5, 0.6) is 0 Å². The van der Waals surface area contributed by atoms with Gasteiger partial charge >= 0.3 is 0 Å². The minimum Gasteiger partial charge on any atom is -0.357 e. The molecule has 27 heavy (non-hydrogen) atoms. The molecule has 2 N–H and O–H groups in total. The van der Waals surface area contributed by atoms with Crippen LogP contribution in [0.1, 0.15) is 71.0 Å². The van der Waals surface area contributed by atoms with Crippen LogP contribution in [0.2, 0.25) is 0 Å². The van der Waals surface area contributed by atoms with Gasteiger partial charge in [-0.3, -0.25) is 4.99 Å². The van der Waals surface area contributed by atoms with Crippen molar-refractivity contribution in [3.63, 3.8) is 0 Å². The Kier molecular flexibility index (Phi) is 11.9. The van der Waals surface area contributed by atoms with Crippen LogP contribution < -0.4 is 10.6 Å². The van der Waals surface area contributed by atoms with Crippen LogP contribution in [0.25, 0.3) is 0 Å². The number of aliphatic imine (C=N–C) groups is 1. The molecule has 0 spiro atoms. The van der Waals surface area contributed by atoms with Crippen LogP contribution in [-0.2, 0) is 6.42 Å². The van der Waals surface area contributed by atoms with Crippen molar-refractivity contribution in [2.45, 2.75) is 71.8 Å². The van der Waals surface area contributed by atoms with E-state index in [0.717, 1.165) is 50.4 Å². The SMILES string of the molecule is CCNC(=NCCCN1CCCCC1C)NCCc1nc(C(C)C)no1.I. The molecule has 2 heterocycles. The number of halogens is 1. The molecule has 7 nitrogen and oxygen atoms in total. The first kappa shape index (κ1) is 24.1. The molecule has 1 aromatic heterocycles. The molecule has 0 amide bonds. The average molecular weight is 492 g/mol. The molecule has 1 fully saturated rings. The van der Waals surface area contributed by atoms with Crippen molar-refractivity contribution in [2.75, 3.05) is 32.7 Å². The molecule has 0 aromatic carbocycles. The van der Waals surface area contributed by atoms with E-state index >= 15 is 0 Å². The number of piperidine rings is 1. The van der Waals surface area contributed by atoms with Crippen LogP contribution in [0, 0.1) is 0 Å². The summed E-state index contributed by atoms with van der Waals surface area (Å²) in [5.74, 6) is 2.61. The first-order valence-corrected chi connectivity index (χ1v) is 10.2. The monoisotopic (exact) mass is 492 g/mol. The van der Waals surface area contributed by atoms with Crippen molar-refractivity contribution in [3.05, 3.63) is 11.7 Å². The summed E-state index contributed by atoms with van der Waals surface area (Å²) in [5, 5.41) is 10.6. The highest BCUT2D eigenvalue weighted by Gasteiger charge is 2.17. The molecule has 1 saturated heterocycles. The molecule has 0 bridgehead atoms. The first-order chi connectivity index (χ1) is 12.6. The molecule has 156 valence electrons. The Morgan fingerprint density at radius 2 is 2.15 bits per heavy atom. The van der Waals surface area contributed by atoms with Crippen molar-refractivity contribution in [3.8, 4) is 0 Å². The minimum atomic E-state index is 0. The zero-order chi connectivity index (χ0) is 18.8. The molecule has 1 aliphatic heterocycles. The van der Waals surface area contributed by atoms with E-state index in [2.05, 4.69) is 58.4 Å². The lowest BCUT2D eigenvalue weighted by atomic mass is 10.0. The van der Waals surface area contributed by atoms with Gasteiger partial charge in [0.15, 0.2) is 11.8 Å². The first-order valence-electron chi connectivity index (χ1n) is 10.2. The topological polar surface area (TPSA) is 78.6 Å². The summed E-state index contributed by atoms with van der Waals surface area (Å²) < 4.78 is 5.28. The maximum absolute atomic E-state index is 5.28. The summed E-state index contributed by atoms with van der Waals surface area (Å²) in [4.78, 5) is 11.7. The van der Waals surface area contributed by atoms with Crippen LogP contribution in [-0.4, -0.2) is 59.8 Å². The maximum Gasteiger partial charge on any atom is 0.228 e. The van der Waals surface area contributed by atoms with Gasteiger partial charge < -0.3 is 20.1 Å². The highest BCUT2D eigenvalue weighted by molar-refractivity contribution is 14.0. The van der Waals surface area contributed by atoms with Gasteiger partial charge in [0.05, 0.1) is 0 Å². The van der Waals surface area contributed by atoms with Crippen molar-refractivity contribution in [1.29, 1.82) is 0 Å². The van der Waals surface area contributed by atoms with Crippen molar-refractivity contribution < 1.29 is 4.52 Å². The van der Waals surface area contributed by atoms with Crippen molar-refractivity contribution in [2.24, 2.45) is 4.99 Å². The molecular formula is C19H37IN6O. The maximum atomic E-state index is 5.28. The van der Waals surface area contributed by atoms with Crippen LogP contribution in [0.4, 0.5) is 0 Å². The summed E-state index contributed by atoms with van der Waals surface area (Å²) in [7, 11) is 0. The average Bonchev–Trinajstić information content (AvgIpc) is 3.09. The third-order valence-corrected chi connectivity index (χ3v) is 4.79. The highest BCUT2D eigenvalue weighted by atomic mass is 127. The fourth-order valence-corrected chi connectivity index (χ4v) is 3.19. The standard InChI is InChI=1S/C19H36N6O.HI/c1-5-20-19(21-11-8-14-25-13-7-6-9-16(25)4)22-12-10-17-23-18(15(2)3)24-26-17;/h15-16H,5-14H2,1-4H3,(H2,20,21,22);1H. The van der Waals surface area contributed by atoms with Gasteiger partial charge in [0.25, 0.3) is 0 Å². The Hall–Kier alpha value is -0.900.